The fourth-order valence-electron chi connectivity index (χ4n) is 1.21. The maximum atomic E-state index is 11.5. The number of aliphatic carboxylic acids is 1. The van der Waals surface area contributed by atoms with Crippen molar-refractivity contribution >= 4 is 23.8 Å². The minimum Gasteiger partial charge on any atom is -0.481 e. The molecular weight excluding hydrogens is 230 g/mol. The van der Waals surface area contributed by atoms with Crippen LogP contribution in [0.2, 0.25) is 0 Å². The van der Waals surface area contributed by atoms with Gasteiger partial charge in [0.05, 0.1) is 5.75 Å². The van der Waals surface area contributed by atoms with Gasteiger partial charge in [0.15, 0.2) is 0 Å². The van der Waals surface area contributed by atoms with Gasteiger partial charge in [-0.15, -0.1) is 11.8 Å². The Morgan fingerprint density at radius 1 is 1.44 bits per heavy atom. The highest BCUT2D eigenvalue weighted by Gasteiger charge is 2.34. The molecule has 1 heterocycles. The third-order valence-corrected chi connectivity index (χ3v) is 3.13. The second-order valence-electron chi connectivity index (χ2n) is 4.71. The molecule has 1 rings (SSSR count). The lowest BCUT2D eigenvalue weighted by atomic mass is 10.2. The van der Waals surface area contributed by atoms with Crippen LogP contribution >= 0.6 is 11.8 Å². The highest BCUT2D eigenvalue weighted by atomic mass is 32.2. The molecular formula is C10H17NO4S. The summed E-state index contributed by atoms with van der Waals surface area (Å²) >= 11 is 1.36. The summed E-state index contributed by atoms with van der Waals surface area (Å²) in [6.45, 7) is 6.61. The van der Waals surface area contributed by atoms with Gasteiger partial charge in [-0.3, -0.25) is 4.79 Å². The number of nitrogens with zero attached hydrogens (tertiary/aromatic N) is 1. The number of rotatable bonds is 3. The number of carboxylic acids is 1. The Morgan fingerprint density at radius 3 is 2.44 bits per heavy atom. The van der Waals surface area contributed by atoms with Crippen LogP contribution in [0.4, 0.5) is 4.79 Å². The van der Waals surface area contributed by atoms with Crippen molar-refractivity contribution in [3.05, 3.63) is 0 Å². The molecule has 92 valence electrons. The van der Waals surface area contributed by atoms with Crippen molar-refractivity contribution < 1.29 is 19.4 Å². The minimum absolute atomic E-state index is 0.0901. The first-order valence-corrected chi connectivity index (χ1v) is 6.14. The molecule has 0 aromatic carbocycles. The lowest BCUT2D eigenvalue weighted by molar-refractivity contribution is -0.133. The number of carbonyl (C=O) groups excluding carboxylic acids is 1. The first kappa shape index (κ1) is 13.2. The van der Waals surface area contributed by atoms with E-state index in [4.69, 9.17) is 9.84 Å². The zero-order valence-corrected chi connectivity index (χ0v) is 10.5. The van der Waals surface area contributed by atoms with E-state index < -0.39 is 11.6 Å². The maximum Gasteiger partial charge on any atom is 0.410 e. The van der Waals surface area contributed by atoms with E-state index in [9.17, 15) is 9.59 Å². The Hall–Kier alpha value is -0.910. The molecule has 1 aliphatic rings. The monoisotopic (exact) mass is 247 g/mol. The number of ether oxygens (including phenoxy) is 1. The van der Waals surface area contributed by atoms with Gasteiger partial charge in [0.1, 0.15) is 5.60 Å². The van der Waals surface area contributed by atoms with Crippen LogP contribution in [0.15, 0.2) is 0 Å². The van der Waals surface area contributed by atoms with E-state index in [2.05, 4.69) is 0 Å². The van der Waals surface area contributed by atoms with Gasteiger partial charge >= 0.3 is 12.1 Å². The van der Waals surface area contributed by atoms with Crippen molar-refractivity contribution in [3.8, 4) is 0 Å². The van der Waals surface area contributed by atoms with Crippen LogP contribution in [0.25, 0.3) is 0 Å². The van der Waals surface area contributed by atoms with Crippen molar-refractivity contribution in [3.63, 3.8) is 0 Å². The van der Waals surface area contributed by atoms with Crippen LogP contribution < -0.4 is 0 Å². The summed E-state index contributed by atoms with van der Waals surface area (Å²) in [6.07, 6.45) is -0.320. The molecule has 1 N–H and O–H groups in total. The van der Waals surface area contributed by atoms with E-state index in [1.807, 2.05) is 20.8 Å². The van der Waals surface area contributed by atoms with Crippen LogP contribution in [0.3, 0.4) is 0 Å². The van der Waals surface area contributed by atoms with Crippen molar-refractivity contribution in [1.29, 1.82) is 0 Å². The highest BCUT2D eigenvalue weighted by molar-refractivity contribution is 8.00. The number of carbonyl (C=O) groups is 2. The molecule has 0 saturated carbocycles. The van der Waals surface area contributed by atoms with E-state index in [-0.39, 0.29) is 17.1 Å². The van der Waals surface area contributed by atoms with Gasteiger partial charge in [0.25, 0.3) is 0 Å². The van der Waals surface area contributed by atoms with Gasteiger partial charge in [-0.2, -0.15) is 0 Å². The molecule has 1 amide bonds. The topological polar surface area (TPSA) is 66.8 Å². The van der Waals surface area contributed by atoms with Gasteiger partial charge in [-0.25, -0.2) is 4.79 Å². The molecule has 0 unspecified atom stereocenters. The molecule has 0 aromatic heterocycles. The number of thioether (sulfide) groups is 1. The predicted molar refractivity (Wildman–Crippen MR) is 61.7 cm³/mol. The molecule has 1 fully saturated rings. The van der Waals surface area contributed by atoms with Crippen LogP contribution in [0.1, 0.15) is 20.8 Å². The second-order valence-corrected chi connectivity index (χ2v) is 6.00. The first-order valence-electron chi connectivity index (χ1n) is 5.09. The van der Waals surface area contributed by atoms with Crippen molar-refractivity contribution in [2.24, 2.45) is 0 Å². The van der Waals surface area contributed by atoms with Gasteiger partial charge < -0.3 is 14.7 Å². The molecule has 16 heavy (non-hydrogen) atoms. The van der Waals surface area contributed by atoms with Crippen LogP contribution in [0.5, 0.6) is 0 Å². The summed E-state index contributed by atoms with van der Waals surface area (Å²) in [5.74, 6) is -0.729. The first-order chi connectivity index (χ1) is 7.28. The van der Waals surface area contributed by atoms with E-state index >= 15 is 0 Å². The van der Waals surface area contributed by atoms with Gasteiger partial charge in [-0.05, 0) is 20.8 Å². The SMILES string of the molecule is CC(C)(C)OC(=O)N1CC(SCC(=O)O)C1. The van der Waals surface area contributed by atoms with Crippen molar-refractivity contribution in [2.45, 2.75) is 31.6 Å². The number of hydrogen-bond donors (Lipinski definition) is 1. The van der Waals surface area contributed by atoms with E-state index in [0.717, 1.165) is 0 Å². The average Bonchev–Trinajstić information content (AvgIpc) is 1.96. The number of carboxylic acid groups (broad SMARTS) is 1. The standard InChI is InChI=1S/C10H17NO4S/c1-10(2,3)15-9(14)11-4-7(5-11)16-6-8(12)13/h7H,4-6H2,1-3H3,(H,12,13). The molecule has 0 radical (unpaired) electrons. The lowest BCUT2D eigenvalue weighted by Crippen LogP contribution is -2.53. The van der Waals surface area contributed by atoms with Crippen molar-refractivity contribution in [1.82, 2.24) is 4.90 Å². The molecule has 0 atom stereocenters. The Morgan fingerprint density at radius 2 is 2.00 bits per heavy atom. The smallest absolute Gasteiger partial charge is 0.410 e. The largest absolute Gasteiger partial charge is 0.481 e. The highest BCUT2D eigenvalue weighted by Crippen LogP contribution is 2.23. The quantitative estimate of drug-likeness (QED) is 0.817. The number of likely N-dealkylation sites (tertiary alicyclic amines) is 1. The summed E-state index contributed by atoms with van der Waals surface area (Å²) < 4.78 is 5.18. The lowest BCUT2D eigenvalue weighted by Gasteiger charge is -2.39. The van der Waals surface area contributed by atoms with Gasteiger partial charge in [0.2, 0.25) is 0 Å². The van der Waals surface area contributed by atoms with Gasteiger partial charge in [0, 0.05) is 18.3 Å². The van der Waals surface area contributed by atoms with Crippen LogP contribution in [0, 0.1) is 0 Å². The average molecular weight is 247 g/mol. The van der Waals surface area contributed by atoms with E-state index in [1.54, 1.807) is 4.90 Å². The molecule has 0 aliphatic carbocycles. The second kappa shape index (κ2) is 4.95. The normalized spacial score (nSPS) is 16.8. The fourth-order valence-corrected chi connectivity index (χ4v) is 2.16. The van der Waals surface area contributed by atoms with Crippen LogP contribution in [-0.4, -0.2) is 51.8 Å². The Kier molecular flexibility index (Phi) is 4.07. The van der Waals surface area contributed by atoms with Crippen LogP contribution in [-0.2, 0) is 9.53 Å². The summed E-state index contributed by atoms with van der Waals surface area (Å²) in [7, 11) is 0. The number of amides is 1. The summed E-state index contributed by atoms with van der Waals surface area (Å²) in [5.41, 5.74) is -0.476. The Labute approximate surface area is 99.1 Å². The Bertz CT molecular complexity index is 281. The summed E-state index contributed by atoms with van der Waals surface area (Å²) in [6, 6.07) is 0. The third kappa shape index (κ3) is 4.30. The molecule has 1 saturated heterocycles. The molecule has 6 heteroatoms. The summed E-state index contributed by atoms with van der Waals surface area (Å²) in [4.78, 5) is 23.4. The maximum absolute atomic E-state index is 11.5. The zero-order valence-electron chi connectivity index (χ0n) is 9.73. The summed E-state index contributed by atoms with van der Waals surface area (Å²) in [5, 5.41) is 8.71. The zero-order chi connectivity index (χ0) is 12.3. The molecule has 1 aliphatic heterocycles. The number of hydrogen-bond acceptors (Lipinski definition) is 4. The molecule has 0 aromatic rings. The fraction of sp³-hybridized carbons (Fsp3) is 0.800. The third-order valence-electron chi connectivity index (χ3n) is 1.94. The van der Waals surface area contributed by atoms with Gasteiger partial charge in [-0.1, -0.05) is 0 Å². The molecule has 0 spiro atoms. The predicted octanol–water partition coefficient (Wildman–Crippen LogP) is 1.42. The van der Waals surface area contributed by atoms with Crippen molar-refractivity contribution in [2.75, 3.05) is 18.8 Å². The Balaban J connectivity index is 2.20. The minimum atomic E-state index is -0.819. The van der Waals surface area contributed by atoms with E-state index in [1.165, 1.54) is 11.8 Å². The van der Waals surface area contributed by atoms with E-state index in [0.29, 0.717) is 13.1 Å². The molecule has 0 bridgehead atoms. The molecule has 5 nitrogen and oxygen atoms in total.